The van der Waals surface area contributed by atoms with E-state index in [-0.39, 0.29) is 0 Å². The van der Waals surface area contributed by atoms with Crippen LogP contribution in [0.1, 0.15) is 35.7 Å². The van der Waals surface area contributed by atoms with Crippen molar-refractivity contribution in [2.45, 2.75) is 19.8 Å². The maximum Gasteiger partial charge on any atom is 0.337 e. The quantitative estimate of drug-likeness (QED) is 0.378. The SMILES string of the molecule is COC(=O)c1cccc(Oc2ncnc3scc(-c4ccc(C(C)C)cc4)c23)c1. The lowest BCUT2D eigenvalue weighted by Gasteiger charge is -2.09. The van der Waals surface area contributed by atoms with E-state index in [0.29, 0.717) is 23.1 Å². The number of nitrogens with zero attached hydrogens (tertiary/aromatic N) is 2. The highest BCUT2D eigenvalue weighted by atomic mass is 32.1. The molecule has 0 fully saturated rings. The number of carbonyl (C=O) groups is 1. The van der Waals surface area contributed by atoms with Gasteiger partial charge in [0, 0.05) is 10.9 Å². The highest BCUT2D eigenvalue weighted by molar-refractivity contribution is 7.17. The van der Waals surface area contributed by atoms with E-state index in [9.17, 15) is 4.79 Å². The standard InChI is InChI=1S/C23H20N2O3S/c1-14(2)15-7-9-16(10-8-15)19-12-29-22-20(19)21(24-13-25-22)28-18-6-4-5-17(11-18)23(26)27-3/h4-14H,1-3H3. The van der Waals surface area contributed by atoms with Gasteiger partial charge in [-0.1, -0.05) is 44.2 Å². The van der Waals surface area contributed by atoms with E-state index in [1.807, 2.05) is 0 Å². The number of benzene rings is 2. The molecule has 6 heteroatoms. The van der Waals surface area contributed by atoms with Gasteiger partial charge in [-0.05, 0) is 35.2 Å². The van der Waals surface area contributed by atoms with Crippen LogP contribution in [0.25, 0.3) is 21.3 Å². The summed E-state index contributed by atoms with van der Waals surface area (Å²) in [5, 5.41) is 2.93. The van der Waals surface area contributed by atoms with Gasteiger partial charge in [0.2, 0.25) is 5.88 Å². The lowest BCUT2D eigenvalue weighted by atomic mass is 9.99. The van der Waals surface area contributed by atoms with Crippen molar-refractivity contribution in [2.24, 2.45) is 0 Å². The summed E-state index contributed by atoms with van der Waals surface area (Å²) in [5.41, 5.74) is 3.83. The zero-order valence-corrected chi connectivity index (χ0v) is 17.2. The lowest BCUT2D eigenvalue weighted by molar-refractivity contribution is 0.0600. The van der Waals surface area contributed by atoms with Gasteiger partial charge in [0.25, 0.3) is 0 Å². The Morgan fingerprint density at radius 1 is 1.07 bits per heavy atom. The predicted molar refractivity (Wildman–Crippen MR) is 115 cm³/mol. The molecule has 0 radical (unpaired) electrons. The highest BCUT2D eigenvalue weighted by Crippen LogP contribution is 2.39. The zero-order chi connectivity index (χ0) is 20.4. The fraction of sp³-hybridized carbons (Fsp3) is 0.174. The van der Waals surface area contributed by atoms with Gasteiger partial charge in [-0.25, -0.2) is 14.8 Å². The van der Waals surface area contributed by atoms with Gasteiger partial charge in [-0.15, -0.1) is 11.3 Å². The minimum atomic E-state index is -0.412. The van der Waals surface area contributed by atoms with Crippen molar-refractivity contribution in [3.8, 4) is 22.8 Å². The van der Waals surface area contributed by atoms with Gasteiger partial charge in [0.1, 0.15) is 16.9 Å². The van der Waals surface area contributed by atoms with E-state index in [2.05, 4.69) is 53.5 Å². The first kappa shape index (κ1) is 19.1. The molecular formula is C23H20N2O3S. The maximum absolute atomic E-state index is 11.8. The number of methoxy groups -OCH3 is 1. The Kier molecular flexibility index (Phi) is 5.27. The summed E-state index contributed by atoms with van der Waals surface area (Å²) in [4.78, 5) is 21.4. The Morgan fingerprint density at radius 2 is 1.86 bits per heavy atom. The molecule has 146 valence electrons. The Hall–Kier alpha value is -3.25. The molecule has 0 amide bonds. The molecule has 2 aromatic heterocycles. The second-order valence-electron chi connectivity index (χ2n) is 6.91. The molecule has 0 spiro atoms. The van der Waals surface area contributed by atoms with Crippen molar-refractivity contribution in [3.05, 3.63) is 71.4 Å². The van der Waals surface area contributed by atoms with E-state index in [0.717, 1.165) is 21.3 Å². The highest BCUT2D eigenvalue weighted by Gasteiger charge is 2.16. The number of thiophene rings is 1. The maximum atomic E-state index is 11.8. The first-order valence-corrected chi connectivity index (χ1v) is 10.1. The average molecular weight is 404 g/mol. The van der Waals surface area contributed by atoms with Gasteiger partial charge in [-0.3, -0.25) is 0 Å². The summed E-state index contributed by atoms with van der Waals surface area (Å²) >= 11 is 1.55. The van der Waals surface area contributed by atoms with E-state index < -0.39 is 5.97 Å². The van der Waals surface area contributed by atoms with Crippen molar-refractivity contribution in [2.75, 3.05) is 7.11 Å². The van der Waals surface area contributed by atoms with Crippen LogP contribution in [0.5, 0.6) is 11.6 Å². The summed E-state index contributed by atoms with van der Waals surface area (Å²) in [6, 6.07) is 15.4. The molecule has 0 aliphatic heterocycles. The molecule has 0 aliphatic carbocycles. The third-order valence-corrected chi connectivity index (χ3v) is 5.58. The van der Waals surface area contributed by atoms with Crippen LogP contribution in [0.4, 0.5) is 0 Å². The smallest absolute Gasteiger partial charge is 0.337 e. The summed E-state index contributed by atoms with van der Waals surface area (Å²) < 4.78 is 10.8. The summed E-state index contributed by atoms with van der Waals surface area (Å²) in [7, 11) is 1.35. The average Bonchev–Trinajstić information content (AvgIpc) is 3.18. The van der Waals surface area contributed by atoms with Crippen LogP contribution in [-0.2, 0) is 4.74 Å². The van der Waals surface area contributed by atoms with Crippen molar-refractivity contribution >= 4 is 27.5 Å². The molecule has 0 saturated heterocycles. The number of fused-ring (bicyclic) bond motifs is 1. The minimum absolute atomic E-state index is 0.412. The molecule has 2 aromatic carbocycles. The number of carbonyl (C=O) groups excluding carboxylic acids is 1. The molecule has 0 aliphatic rings. The van der Waals surface area contributed by atoms with E-state index in [1.165, 1.54) is 19.0 Å². The molecule has 0 unspecified atom stereocenters. The molecule has 29 heavy (non-hydrogen) atoms. The first-order chi connectivity index (χ1) is 14.1. The second-order valence-corrected chi connectivity index (χ2v) is 7.76. The van der Waals surface area contributed by atoms with Gasteiger partial charge in [-0.2, -0.15) is 0 Å². The fourth-order valence-corrected chi connectivity index (χ4v) is 4.01. The third kappa shape index (κ3) is 3.84. The van der Waals surface area contributed by atoms with E-state index in [4.69, 9.17) is 9.47 Å². The first-order valence-electron chi connectivity index (χ1n) is 9.25. The van der Waals surface area contributed by atoms with Crippen LogP contribution >= 0.6 is 11.3 Å². The van der Waals surface area contributed by atoms with Crippen LogP contribution in [0.2, 0.25) is 0 Å². The monoisotopic (exact) mass is 404 g/mol. The number of hydrogen-bond acceptors (Lipinski definition) is 6. The molecule has 0 N–H and O–H groups in total. The second kappa shape index (κ2) is 8.01. The van der Waals surface area contributed by atoms with Crippen LogP contribution in [0.3, 0.4) is 0 Å². The van der Waals surface area contributed by atoms with Crippen LogP contribution < -0.4 is 4.74 Å². The Bertz CT molecular complexity index is 1170. The normalized spacial score (nSPS) is 11.0. The number of ether oxygens (including phenoxy) is 2. The zero-order valence-electron chi connectivity index (χ0n) is 16.4. The van der Waals surface area contributed by atoms with Gasteiger partial charge < -0.3 is 9.47 Å². The Labute approximate surface area is 173 Å². The van der Waals surface area contributed by atoms with Gasteiger partial charge >= 0.3 is 5.97 Å². The number of hydrogen-bond donors (Lipinski definition) is 0. The van der Waals surface area contributed by atoms with Crippen LogP contribution in [0.15, 0.2) is 60.2 Å². The number of rotatable bonds is 5. The van der Waals surface area contributed by atoms with Crippen molar-refractivity contribution in [1.82, 2.24) is 9.97 Å². The lowest BCUT2D eigenvalue weighted by Crippen LogP contribution is -2.01. The summed E-state index contributed by atoms with van der Waals surface area (Å²) in [6.07, 6.45) is 1.49. The molecule has 0 atom stereocenters. The van der Waals surface area contributed by atoms with Crippen molar-refractivity contribution in [3.63, 3.8) is 0 Å². The predicted octanol–water partition coefficient (Wildman–Crippen LogP) is 6.06. The third-order valence-electron chi connectivity index (χ3n) is 4.69. The van der Waals surface area contributed by atoms with Gasteiger partial charge in [0.15, 0.2) is 0 Å². The van der Waals surface area contributed by atoms with Gasteiger partial charge in [0.05, 0.1) is 18.1 Å². The Morgan fingerprint density at radius 3 is 2.59 bits per heavy atom. The van der Waals surface area contributed by atoms with Crippen LogP contribution in [0, 0.1) is 0 Å². The van der Waals surface area contributed by atoms with E-state index in [1.54, 1.807) is 35.6 Å². The summed E-state index contributed by atoms with van der Waals surface area (Å²) in [6.45, 7) is 4.36. The van der Waals surface area contributed by atoms with Crippen molar-refractivity contribution < 1.29 is 14.3 Å². The molecular weight excluding hydrogens is 384 g/mol. The topological polar surface area (TPSA) is 61.3 Å². The number of esters is 1. The molecule has 0 saturated carbocycles. The molecule has 5 nitrogen and oxygen atoms in total. The van der Waals surface area contributed by atoms with Crippen molar-refractivity contribution in [1.29, 1.82) is 0 Å². The van der Waals surface area contributed by atoms with Crippen LogP contribution in [-0.4, -0.2) is 23.0 Å². The Balaban J connectivity index is 1.75. The largest absolute Gasteiger partial charge is 0.465 e. The molecule has 4 rings (SSSR count). The summed E-state index contributed by atoms with van der Waals surface area (Å²) in [5.74, 6) is 1.04. The molecule has 0 bridgehead atoms. The fourth-order valence-electron chi connectivity index (χ4n) is 3.10. The molecule has 2 heterocycles. The minimum Gasteiger partial charge on any atom is -0.465 e. The number of aromatic nitrogens is 2. The van der Waals surface area contributed by atoms with E-state index >= 15 is 0 Å². The molecule has 4 aromatic rings.